The molecular weight excluding hydrogens is 212 g/mol. The molecule has 0 bridgehead atoms. The first kappa shape index (κ1) is 11.8. The summed E-state index contributed by atoms with van der Waals surface area (Å²) in [7, 11) is 1.66. The second-order valence-corrected chi connectivity index (χ2v) is 4.69. The van der Waals surface area contributed by atoms with Crippen LogP contribution in [0, 0.1) is 17.2 Å². The standard InChI is InChI=1S/C14H18N2O/c1-11-4-3-7-16(10-11)14-8-13(17-2)6-5-12(14)9-15/h5-6,8,11H,3-4,7,10H2,1-2H3. The Morgan fingerprint density at radius 2 is 2.29 bits per heavy atom. The molecule has 0 amide bonds. The summed E-state index contributed by atoms with van der Waals surface area (Å²) in [6, 6.07) is 7.91. The first-order chi connectivity index (χ1) is 8.24. The lowest BCUT2D eigenvalue weighted by Crippen LogP contribution is -2.34. The summed E-state index contributed by atoms with van der Waals surface area (Å²) in [5.41, 5.74) is 1.75. The SMILES string of the molecule is COc1ccc(C#N)c(N2CCCC(C)C2)c1. The van der Waals surface area contributed by atoms with E-state index in [1.807, 2.05) is 18.2 Å². The van der Waals surface area contributed by atoms with Gasteiger partial charge >= 0.3 is 0 Å². The summed E-state index contributed by atoms with van der Waals surface area (Å²) < 4.78 is 5.24. The molecule has 0 N–H and O–H groups in total. The smallest absolute Gasteiger partial charge is 0.121 e. The Balaban J connectivity index is 2.32. The van der Waals surface area contributed by atoms with Gasteiger partial charge in [-0.25, -0.2) is 0 Å². The van der Waals surface area contributed by atoms with Crippen LogP contribution in [0.3, 0.4) is 0 Å². The quantitative estimate of drug-likeness (QED) is 0.783. The second kappa shape index (κ2) is 5.09. The summed E-state index contributed by atoms with van der Waals surface area (Å²) in [5.74, 6) is 1.51. The Morgan fingerprint density at radius 1 is 1.47 bits per heavy atom. The number of benzene rings is 1. The van der Waals surface area contributed by atoms with Crippen molar-refractivity contribution in [3.8, 4) is 11.8 Å². The number of hydrogen-bond donors (Lipinski definition) is 0. The van der Waals surface area contributed by atoms with Crippen molar-refractivity contribution in [2.24, 2.45) is 5.92 Å². The van der Waals surface area contributed by atoms with Gasteiger partial charge in [-0.15, -0.1) is 0 Å². The van der Waals surface area contributed by atoms with E-state index in [2.05, 4.69) is 17.9 Å². The Bertz CT molecular complexity index is 436. The van der Waals surface area contributed by atoms with Gasteiger partial charge in [-0.3, -0.25) is 0 Å². The predicted octanol–water partition coefficient (Wildman–Crippen LogP) is 2.80. The maximum absolute atomic E-state index is 9.16. The van der Waals surface area contributed by atoms with Gasteiger partial charge < -0.3 is 9.64 Å². The van der Waals surface area contributed by atoms with E-state index in [0.717, 1.165) is 30.1 Å². The van der Waals surface area contributed by atoms with Gasteiger partial charge in [0.15, 0.2) is 0 Å². The molecule has 1 atom stereocenters. The number of nitrogens with zero attached hydrogens (tertiary/aromatic N) is 2. The fraction of sp³-hybridized carbons (Fsp3) is 0.500. The molecule has 0 saturated carbocycles. The Morgan fingerprint density at radius 3 is 2.94 bits per heavy atom. The molecule has 1 aromatic carbocycles. The molecule has 17 heavy (non-hydrogen) atoms. The van der Waals surface area contributed by atoms with Gasteiger partial charge in [0, 0.05) is 19.2 Å². The summed E-state index contributed by atoms with van der Waals surface area (Å²) >= 11 is 0. The van der Waals surface area contributed by atoms with Crippen molar-refractivity contribution in [1.82, 2.24) is 0 Å². The number of anilines is 1. The van der Waals surface area contributed by atoms with Crippen molar-refractivity contribution in [3.63, 3.8) is 0 Å². The van der Waals surface area contributed by atoms with E-state index < -0.39 is 0 Å². The average molecular weight is 230 g/mol. The third-order valence-corrected chi connectivity index (χ3v) is 3.32. The Labute approximate surface area is 103 Å². The highest BCUT2D eigenvalue weighted by Gasteiger charge is 2.19. The number of hydrogen-bond acceptors (Lipinski definition) is 3. The molecule has 0 aromatic heterocycles. The van der Waals surface area contributed by atoms with Crippen molar-refractivity contribution in [2.45, 2.75) is 19.8 Å². The normalized spacial score (nSPS) is 19.8. The number of piperidine rings is 1. The lowest BCUT2D eigenvalue weighted by atomic mass is 9.99. The van der Waals surface area contributed by atoms with Gasteiger partial charge in [-0.05, 0) is 30.9 Å². The molecule has 1 aliphatic rings. The van der Waals surface area contributed by atoms with Crippen LogP contribution in [0.25, 0.3) is 0 Å². The molecule has 3 nitrogen and oxygen atoms in total. The minimum Gasteiger partial charge on any atom is -0.497 e. The van der Waals surface area contributed by atoms with Crippen LogP contribution in [0.5, 0.6) is 5.75 Å². The molecule has 1 saturated heterocycles. The first-order valence-corrected chi connectivity index (χ1v) is 6.07. The van der Waals surface area contributed by atoms with Gasteiger partial charge in [0.25, 0.3) is 0 Å². The van der Waals surface area contributed by atoms with E-state index >= 15 is 0 Å². The molecule has 1 heterocycles. The van der Waals surface area contributed by atoms with Crippen molar-refractivity contribution >= 4 is 5.69 Å². The monoisotopic (exact) mass is 230 g/mol. The predicted molar refractivity (Wildman–Crippen MR) is 68.3 cm³/mol. The van der Waals surface area contributed by atoms with Crippen LogP contribution in [-0.4, -0.2) is 20.2 Å². The zero-order valence-corrected chi connectivity index (χ0v) is 10.4. The summed E-state index contributed by atoms with van der Waals surface area (Å²) in [6.45, 7) is 4.33. The topological polar surface area (TPSA) is 36.3 Å². The summed E-state index contributed by atoms with van der Waals surface area (Å²) in [5, 5.41) is 9.16. The molecule has 0 aliphatic carbocycles. The molecule has 2 rings (SSSR count). The van der Waals surface area contributed by atoms with Crippen LogP contribution in [0.4, 0.5) is 5.69 Å². The lowest BCUT2D eigenvalue weighted by molar-refractivity contribution is 0.413. The highest BCUT2D eigenvalue weighted by molar-refractivity contribution is 5.62. The molecule has 3 heteroatoms. The minimum absolute atomic E-state index is 0.696. The van der Waals surface area contributed by atoms with Gasteiger partial charge in [0.2, 0.25) is 0 Å². The molecule has 1 unspecified atom stereocenters. The molecular formula is C14H18N2O. The maximum atomic E-state index is 9.16. The first-order valence-electron chi connectivity index (χ1n) is 6.07. The number of nitriles is 1. The molecule has 0 spiro atoms. The van der Waals surface area contributed by atoms with Crippen LogP contribution in [0.15, 0.2) is 18.2 Å². The van der Waals surface area contributed by atoms with Crippen molar-refractivity contribution < 1.29 is 4.74 Å². The van der Waals surface area contributed by atoms with E-state index in [1.54, 1.807) is 7.11 Å². The fourth-order valence-electron chi connectivity index (χ4n) is 2.40. The number of rotatable bonds is 2. The van der Waals surface area contributed by atoms with Crippen LogP contribution < -0.4 is 9.64 Å². The van der Waals surface area contributed by atoms with E-state index in [9.17, 15) is 0 Å². The zero-order valence-electron chi connectivity index (χ0n) is 10.4. The molecule has 90 valence electrons. The largest absolute Gasteiger partial charge is 0.497 e. The van der Waals surface area contributed by atoms with Crippen molar-refractivity contribution in [3.05, 3.63) is 23.8 Å². The Hall–Kier alpha value is -1.69. The van der Waals surface area contributed by atoms with Crippen LogP contribution in [0.2, 0.25) is 0 Å². The Kier molecular flexibility index (Phi) is 3.53. The van der Waals surface area contributed by atoms with Crippen LogP contribution in [-0.2, 0) is 0 Å². The summed E-state index contributed by atoms with van der Waals surface area (Å²) in [4.78, 5) is 2.30. The molecule has 1 aliphatic heterocycles. The maximum Gasteiger partial charge on any atom is 0.121 e. The highest BCUT2D eigenvalue weighted by atomic mass is 16.5. The zero-order chi connectivity index (χ0) is 12.3. The number of ether oxygens (including phenoxy) is 1. The average Bonchev–Trinajstić information content (AvgIpc) is 2.38. The van der Waals surface area contributed by atoms with Gasteiger partial charge in [0.1, 0.15) is 11.8 Å². The lowest BCUT2D eigenvalue weighted by Gasteiger charge is -2.33. The molecule has 1 aromatic rings. The van der Waals surface area contributed by atoms with Gasteiger partial charge in [-0.1, -0.05) is 6.92 Å². The van der Waals surface area contributed by atoms with E-state index in [1.165, 1.54) is 12.8 Å². The third kappa shape index (κ3) is 2.52. The third-order valence-electron chi connectivity index (χ3n) is 3.32. The van der Waals surface area contributed by atoms with E-state index in [0.29, 0.717) is 5.92 Å². The van der Waals surface area contributed by atoms with Crippen molar-refractivity contribution in [1.29, 1.82) is 5.26 Å². The second-order valence-electron chi connectivity index (χ2n) is 4.69. The van der Waals surface area contributed by atoms with Crippen LogP contribution in [0.1, 0.15) is 25.3 Å². The van der Waals surface area contributed by atoms with Gasteiger partial charge in [0.05, 0.1) is 18.4 Å². The minimum atomic E-state index is 0.696. The highest BCUT2D eigenvalue weighted by Crippen LogP contribution is 2.29. The molecule has 1 fully saturated rings. The fourth-order valence-corrected chi connectivity index (χ4v) is 2.40. The van der Waals surface area contributed by atoms with E-state index in [-0.39, 0.29) is 0 Å². The van der Waals surface area contributed by atoms with Crippen LogP contribution >= 0.6 is 0 Å². The number of methoxy groups -OCH3 is 1. The van der Waals surface area contributed by atoms with Gasteiger partial charge in [-0.2, -0.15) is 5.26 Å². The van der Waals surface area contributed by atoms with Crippen molar-refractivity contribution in [2.75, 3.05) is 25.1 Å². The molecule has 0 radical (unpaired) electrons. The summed E-state index contributed by atoms with van der Waals surface area (Å²) in [6.07, 6.45) is 2.48. The van der Waals surface area contributed by atoms with E-state index in [4.69, 9.17) is 10.00 Å².